The van der Waals surface area contributed by atoms with Crippen LogP contribution in [0.25, 0.3) is 0 Å². The fourth-order valence-corrected chi connectivity index (χ4v) is 7.43. The highest BCUT2D eigenvalue weighted by Gasteiger charge is 2.25. The summed E-state index contributed by atoms with van der Waals surface area (Å²) in [7, 11) is -1.74. The molecule has 0 aliphatic heterocycles. The first-order valence-electron chi connectivity index (χ1n) is 8.82. The summed E-state index contributed by atoms with van der Waals surface area (Å²) in [6.07, 6.45) is 3.26. The van der Waals surface area contributed by atoms with E-state index in [-0.39, 0.29) is 0 Å². The van der Waals surface area contributed by atoms with Gasteiger partial charge in [0.25, 0.3) is 0 Å². The molecule has 0 atom stereocenters. The van der Waals surface area contributed by atoms with Crippen molar-refractivity contribution in [3.63, 3.8) is 0 Å². The van der Waals surface area contributed by atoms with Crippen molar-refractivity contribution in [3.8, 4) is 5.75 Å². The van der Waals surface area contributed by atoms with Gasteiger partial charge in [-0.15, -0.1) is 0 Å². The Morgan fingerprint density at radius 2 is 1.40 bits per heavy atom. The number of unbranched alkanes of at least 4 members (excludes halogenated alkanes) is 1. The average Bonchev–Trinajstić information content (AvgIpc) is 2.66. The molecule has 0 saturated carbocycles. The Bertz CT molecular complexity index is 779. The van der Waals surface area contributed by atoms with Crippen LogP contribution in [0.4, 0.5) is 0 Å². The number of hydrogen-bond acceptors (Lipinski definition) is 1. The van der Waals surface area contributed by atoms with Crippen LogP contribution >= 0.6 is 15.9 Å². The molecular weight excluding hydrogens is 388 g/mol. The van der Waals surface area contributed by atoms with Gasteiger partial charge >= 0.3 is 0 Å². The van der Waals surface area contributed by atoms with Crippen LogP contribution in [0.15, 0.2) is 77.3 Å². The van der Waals surface area contributed by atoms with Crippen LogP contribution < -0.4 is 15.6 Å². The molecule has 3 heteroatoms. The molecule has 0 radical (unpaired) electrons. The highest BCUT2D eigenvalue weighted by atomic mass is 79.9. The third kappa shape index (κ3) is 4.05. The largest absolute Gasteiger partial charge is 0.508 e. The topological polar surface area (TPSA) is 20.2 Å². The third-order valence-corrected chi connectivity index (χ3v) is 8.68. The van der Waals surface area contributed by atoms with Crippen LogP contribution in [0.2, 0.25) is 0 Å². The van der Waals surface area contributed by atoms with E-state index in [9.17, 15) is 5.11 Å². The first-order valence-corrected chi connectivity index (χ1v) is 11.3. The molecule has 1 N–H and O–H groups in total. The summed E-state index contributed by atoms with van der Waals surface area (Å²) in [4.78, 5) is 0. The maximum atomic E-state index is 10.8. The molecule has 0 amide bonds. The van der Waals surface area contributed by atoms with Crippen LogP contribution in [0.1, 0.15) is 25.3 Å². The number of phenolic OH excluding ortho intramolecular Hbond substituents is 1. The van der Waals surface area contributed by atoms with E-state index in [1.807, 2.05) is 12.1 Å². The lowest BCUT2D eigenvalue weighted by Gasteiger charge is -2.23. The van der Waals surface area contributed by atoms with Gasteiger partial charge in [0.1, 0.15) is 14.5 Å². The number of rotatable bonds is 6. The van der Waals surface area contributed by atoms with Gasteiger partial charge in [-0.25, -0.2) is 0 Å². The van der Waals surface area contributed by atoms with Gasteiger partial charge in [0, 0.05) is 4.47 Å². The van der Waals surface area contributed by atoms with Gasteiger partial charge in [-0.1, -0.05) is 100 Å². The maximum absolute atomic E-state index is 10.8. The highest BCUT2D eigenvalue weighted by molar-refractivity contribution is 9.10. The maximum Gasteiger partial charge on any atom is 0.138 e. The quantitative estimate of drug-likeness (QED) is 0.484. The van der Waals surface area contributed by atoms with Gasteiger partial charge in [-0.05, 0) is 35.7 Å². The number of halogens is 1. The number of phenols is 1. The van der Waals surface area contributed by atoms with Crippen LogP contribution in [0.5, 0.6) is 5.75 Å². The molecule has 0 fully saturated rings. The van der Waals surface area contributed by atoms with E-state index in [2.05, 4.69) is 83.5 Å². The Balaban J connectivity index is 2.22. The second-order valence-corrected chi connectivity index (χ2v) is 9.95. The predicted octanol–water partition coefficient (Wildman–Crippen LogP) is 3.75. The molecule has 128 valence electrons. The monoisotopic (exact) mass is 410 g/mol. The van der Waals surface area contributed by atoms with E-state index in [0.29, 0.717) is 5.75 Å². The number of hydrogen-bond donors (Lipinski definition) is 1. The van der Waals surface area contributed by atoms with E-state index >= 15 is 0 Å². The van der Waals surface area contributed by atoms with E-state index in [1.165, 1.54) is 15.9 Å². The van der Waals surface area contributed by atoms with Crippen molar-refractivity contribution in [2.75, 3.05) is 0 Å². The van der Waals surface area contributed by atoms with Gasteiger partial charge in [-0.3, -0.25) is 0 Å². The van der Waals surface area contributed by atoms with Crippen molar-refractivity contribution in [3.05, 3.63) is 82.8 Å². The van der Waals surface area contributed by atoms with E-state index in [1.54, 1.807) is 0 Å². The SMILES string of the molecule is CCCCc1c(Br)ccc(O)c1[SiH](c1ccccc1)c1ccccc1. The summed E-state index contributed by atoms with van der Waals surface area (Å²) < 4.78 is 1.11. The molecule has 3 rings (SSSR count). The summed E-state index contributed by atoms with van der Waals surface area (Å²) in [6.45, 7) is 2.21. The van der Waals surface area contributed by atoms with Crippen molar-refractivity contribution >= 4 is 40.3 Å². The molecule has 0 bridgehead atoms. The van der Waals surface area contributed by atoms with E-state index in [4.69, 9.17) is 0 Å². The lowest BCUT2D eigenvalue weighted by molar-refractivity contribution is 0.478. The molecule has 25 heavy (non-hydrogen) atoms. The molecule has 3 aromatic rings. The molecule has 0 aromatic heterocycles. The van der Waals surface area contributed by atoms with Crippen molar-refractivity contribution in [1.29, 1.82) is 0 Å². The summed E-state index contributed by atoms with van der Waals surface area (Å²) in [5.74, 6) is 0.429. The minimum atomic E-state index is -1.74. The zero-order valence-electron chi connectivity index (χ0n) is 14.5. The van der Waals surface area contributed by atoms with Gasteiger partial charge in [0.15, 0.2) is 0 Å². The van der Waals surface area contributed by atoms with Crippen molar-refractivity contribution in [1.82, 2.24) is 0 Å². The Kier molecular flexibility index (Phi) is 6.11. The Morgan fingerprint density at radius 3 is 1.92 bits per heavy atom. The Morgan fingerprint density at radius 1 is 0.840 bits per heavy atom. The van der Waals surface area contributed by atoms with Crippen LogP contribution in [0.3, 0.4) is 0 Å². The minimum absolute atomic E-state index is 0.429. The van der Waals surface area contributed by atoms with Crippen molar-refractivity contribution in [2.24, 2.45) is 0 Å². The molecule has 0 heterocycles. The van der Waals surface area contributed by atoms with E-state index < -0.39 is 8.80 Å². The minimum Gasteiger partial charge on any atom is -0.508 e. The van der Waals surface area contributed by atoms with Crippen molar-refractivity contribution < 1.29 is 5.11 Å². The zero-order chi connectivity index (χ0) is 17.6. The van der Waals surface area contributed by atoms with Gasteiger partial charge in [0.2, 0.25) is 0 Å². The fraction of sp³-hybridized carbons (Fsp3) is 0.182. The molecule has 0 aliphatic rings. The molecule has 3 aromatic carbocycles. The first kappa shape index (κ1) is 18.0. The lowest BCUT2D eigenvalue weighted by atomic mass is 10.1. The molecular formula is C22H23BrOSi. The standard InChI is InChI=1S/C22H23BrOSi/c1-2-3-14-19-20(23)15-16-21(24)22(19)25(17-10-6-4-7-11-17)18-12-8-5-9-13-18/h4-13,15-16,24-25H,2-3,14H2,1H3. The predicted molar refractivity (Wildman–Crippen MR) is 113 cm³/mol. The van der Waals surface area contributed by atoms with Crippen molar-refractivity contribution in [2.45, 2.75) is 26.2 Å². The highest BCUT2D eigenvalue weighted by Crippen LogP contribution is 2.22. The van der Waals surface area contributed by atoms with Crippen LogP contribution in [0, 0.1) is 0 Å². The summed E-state index contributed by atoms with van der Waals surface area (Å²) in [5.41, 5.74) is 1.27. The molecule has 1 nitrogen and oxygen atoms in total. The summed E-state index contributed by atoms with van der Waals surface area (Å²) in [6, 6.07) is 25.1. The van der Waals surface area contributed by atoms with Gasteiger partial charge < -0.3 is 5.11 Å². The smallest absolute Gasteiger partial charge is 0.138 e. The third-order valence-electron chi connectivity index (χ3n) is 4.61. The zero-order valence-corrected chi connectivity index (χ0v) is 17.2. The second kappa shape index (κ2) is 8.50. The fourth-order valence-electron chi connectivity index (χ4n) is 3.37. The molecule has 0 unspecified atom stereocenters. The van der Waals surface area contributed by atoms with Crippen LogP contribution in [-0.4, -0.2) is 13.9 Å². The lowest BCUT2D eigenvalue weighted by Crippen LogP contribution is -2.53. The van der Waals surface area contributed by atoms with Gasteiger partial charge in [0.05, 0.1) is 0 Å². The number of benzene rings is 3. The first-order chi connectivity index (χ1) is 12.2. The Hall–Kier alpha value is -1.84. The molecule has 0 aliphatic carbocycles. The second-order valence-electron chi connectivity index (χ2n) is 6.32. The van der Waals surface area contributed by atoms with E-state index in [0.717, 1.165) is 28.9 Å². The Labute approximate surface area is 160 Å². The summed E-state index contributed by atoms with van der Waals surface area (Å²) >= 11 is 3.74. The molecule has 0 spiro atoms. The average molecular weight is 411 g/mol. The van der Waals surface area contributed by atoms with Crippen LogP contribution in [-0.2, 0) is 6.42 Å². The van der Waals surface area contributed by atoms with Gasteiger partial charge in [-0.2, -0.15) is 0 Å². The number of aromatic hydroxyl groups is 1. The summed E-state index contributed by atoms with van der Waals surface area (Å²) in [5, 5.41) is 14.6. The molecule has 0 saturated heterocycles. The normalized spacial score (nSPS) is 11.0.